The summed E-state index contributed by atoms with van der Waals surface area (Å²) < 4.78 is 0. The van der Waals surface area contributed by atoms with Gasteiger partial charge in [-0.1, -0.05) is 26.1 Å². The van der Waals surface area contributed by atoms with Crippen molar-refractivity contribution in [1.82, 2.24) is 4.90 Å². The molecule has 14 heavy (non-hydrogen) atoms. The van der Waals surface area contributed by atoms with Gasteiger partial charge in [-0.15, -0.1) is 0 Å². The highest BCUT2D eigenvalue weighted by molar-refractivity contribution is 7.80. The number of nitrogens with zero attached hydrogens (tertiary/aromatic N) is 1. The van der Waals surface area contributed by atoms with E-state index >= 15 is 0 Å². The summed E-state index contributed by atoms with van der Waals surface area (Å²) in [5, 5.41) is 0. The lowest BCUT2D eigenvalue weighted by Crippen LogP contribution is -2.42. The zero-order valence-electron chi connectivity index (χ0n) is 10.1. The summed E-state index contributed by atoms with van der Waals surface area (Å²) >= 11 is 4.94. The largest absolute Gasteiger partial charge is 0.393 e. The van der Waals surface area contributed by atoms with Crippen molar-refractivity contribution in [2.75, 3.05) is 6.54 Å². The van der Waals surface area contributed by atoms with E-state index in [1.165, 1.54) is 0 Å². The molecule has 1 atom stereocenters. The Labute approximate surface area is 93.8 Å². The van der Waals surface area contributed by atoms with Gasteiger partial charge in [0.25, 0.3) is 0 Å². The number of hydrogen-bond acceptors (Lipinski definition) is 2. The predicted molar refractivity (Wildman–Crippen MR) is 67.5 cm³/mol. The first kappa shape index (κ1) is 13.8. The molecule has 0 aromatic carbocycles. The lowest BCUT2D eigenvalue weighted by atomic mass is 10.1. The third kappa shape index (κ3) is 5.55. The SMILES string of the molecule is CC(C)CN(C(C)C)C(C)CC(N)=S. The van der Waals surface area contributed by atoms with Crippen molar-refractivity contribution in [1.29, 1.82) is 0 Å². The van der Waals surface area contributed by atoms with Gasteiger partial charge in [-0.3, -0.25) is 4.90 Å². The molecule has 84 valence electrons. The Hall–Kier alpha value is -0.150. The molecule has 2 N–H and O–H groups in total. The third-order valence-corrected chi connectivity index (χ3v) is 2.47. The second-order valence-corrected chi connectivity index (χ2v) is 5.23. The van der Waals surface area contributed by atoms with Crippen LogP contribution in [0.3, 0.4) is 0 Å². The molecule has 0 heterocycles. The van der Waals surface area contributed by atoms with E-state index in [1.54, 1.807) is 0 Å². The van der Waals surface area contributed by atoms with E-state index in [0.29, 0.717) is 23.0 Å². The molecule has 0 saturated carbocycles. The van der Waals surface area contributed by atoms with Crippen LogP contribution < -0.4 is 5.73 Å². The van der Waals surface area contributed by atoms with Crippen molar-refractivity contribution in [3.63, 3.8) is 0 Å². The molecule has 0 fully saturated rings. The van der Waals surface area contributed by atoms with E-state index in [0.717, 1.165) is 13.0 Å². The predicted octanol–water partition coefficient (Wildman–Crippen LogP) is 2.42. The topological polar surface area (TPSA) is 29.3 Å². The van der Waals surface area contributed by atoms with Gasteiger partial charge in [0.15, 0.2) is 0 Å². The Kier molecular flexibility index (Phi) is 6.29. The van der Waals surface area contributed by atoms with Crippen LogP contribution in [0.4, 0.5) is 0 Å². The van der Waals surface area contributed by atoms with Gasteiger partial charge < -0.3 is 5.73 Å². The average molecular weight is 216 g/mol. The van der Waals surface area contributed by atoms with Gasteiger partial charge in [0.05, 0.1) is 4.99 Å². The van der Waals surface area contributed by atoms with Crippen LogP contribution in [0, 0.1) is 5.92 Å². The Morgan fingerprint density at radius 2 is 1.71 bits per heavy atom. The molecule has 2 nitrogen and oxygen atoms in total. The molecule has 0 aliphatic heterocycles. The first-order chi connectivity index (χ1) is 6.34. The van der Waals surface area contributed by atoms with Crippen LogP contribution in [0.15, 0.2) is 0 Å². The first-order valence-electron chi connectivity index (χ1n) is 5.38. The molecule has 0 aliphatic carbocycles. The van der Waals surface area contributed by atoms with Gasteiger partial charge in [-0.05, 0) is 26.7 Å². The summed E-state index contributed by atoms with van der Waals surface area (Å²) in [5.41, 5.74) is 5.57. The molecule has 0 aromatic heterocycles. The second-order valence-electron chi connectivity index (χ2n) is 4.70. The van der Waals surface area contributed by atoms with Crippen LogP contribution in [0.25, 0.3) is 0 Å². The summed E-state index contributed by atoms with van der Waals surface area (Å²) in [7, 11) is 0. The zero-order valence-corrected chi connectivity index (χ0v) is 10.9. The van der Waals surface area contributed by atoms with Crippen LogP contribution in [-0.4, -0.2) is 28.5 Å². The number of thiocarbonyl (C=S) groups is 1. The standard InChI is InChI=1S/C11H24N2S/c1-8(2)7-13(9(3)4)10(5)6-11(12)14/h8-10H,6-7H2,1-5H3,(H2,12,14). The van der Waals surface area contributed by atoms with Crippen molar-refractivity contribution >= 4 is 17.2 Å². The quantitative estimate of drug-likeness (QED) is 0.691. The van der Waals surface area contributed by atoms with Gasteiger partial charge in [0.2, 0.25) is 0 Å². The molecular weight excluding hydrogens is 192 g/mol. The minimum atomic E-state index is 0.454. The highest BCUT2D eigenvalue weighted by Gasteiger charge is 2.18. The summed E-state index contributed by atoms with van der Waals surface area (Å²) in [5.74, 6) is 0.686. The molecule has 0 spiro atoms. The lowest BCUT2D eigenvalue weighted by Gasteiger charge is -2.34. The van der Waals surface area contributed by atoms with E-state index in [2.05, 4.69) is 39.5 Å². The fourth-order valence-corrected chi connectivity index (χ4v) is 1.97. The van der Waals surface area contributed by atoms with Gasteiger partial charge >= 0.3 is 0 Å². The minimum Gasteiger partial charge on any atom is -0.393 e. The van der Waals surface area contributed by atoms with Crippen molar-refractivity contribution in [3.05, 3.63) is 0 Å². The normalized spacial score (nSPS) is 14.0. The number of rotatable bonds is 6. The zero-order chi connectivity index (χ0) is 11.3. The summed E-state index contributed by atoms with van der Waals surface area (Å²) in [6.45, 7) is 12.2. The van der Waals surface area contributed by atoms with E-state index in [9.17, 15) is 0 Å². The van der Waals surface area contributed by atoms with Crippen LogP contribution in [0.2, 0.25) is 0 Å². The van der Waals surface area contributed by atoms with Gasteiger partial charge in [-0.25, -0.2) is 0 Å². The highest BCUT2D eigenvalue weighted by Crippen LogP contribution is 2.11. The molecule has 1 unspecified atom stereocenters. The molecule has 0 rings (SSSR count). The number of nitrogens with two attached hydrogens (primary N) is 1. The highest BCUT2D eigenvalue weighted by atomic mass is 32.1. The van der Waals surface area contributed by atoms with Gasteiger partial charge in [0, 0.05) is 25.0 Å². The maximum atomic E-state index is 5.57. The van der Waals surface area contributed by atoms with Crippen molar-refractivity contribution < 1.29 is 0 Å². The maximum absolute atomic E-state index is 5.57. The van der Waals surface area contributed by atoms with Crippen molar-refractivity contribution in [3.8, 4) is 0 Å². The molecule has 0 amide bonds. The van der Waals surface area contributed by atoms with Crippen molar-refractivity contribution in [2.45, 2.75) is 53.1 Å². The lowest BCUT2D eigenvalue weighted by molar-refractivity contribution is 0.148. The van der Waals surface area contributed by atoms with E-state index in [-0.39, 0.29) is 0 Å². The molecular formula is C11H24N2S. The molecule has 0 aromatic rings. The minimum absolute atomic E-state index is 0.454. The van der Waals surface area contributed by atoms with Crippen LogP contribution >= 0.6 is 12.2 Å². The Morgan fingerprint density at radius 3 is 2.00 bits per heavy atom. The second kappa shape index (κ2) is 6.36. The van der Waals surface area contributed by atoms with E-state index < -0.39 is 0 Å². The Bertz CT molecular complexity index is 178. The molecule has 0 radical (unpaired) electrons. The summed E-state index contributed by atoms with van der Waals surface area (Å²) in [6.07, 6.45) is 0.820. The Balaban J connectivity index is 4.25. The van der Waals surface area contributed by atoms with Crippen LogP contribution in [0.5, 0.6) is 0 Å². The number of hydrogen-bond donors (Lipinski definition) is 1. The van der Waals surface area contributed by atoms with Gasteiger partial charge in [0.1, 0.15) is 0 Å². The monoisotopic (exact) mass is 216 g/mol. The first-order valence-corrected chi connectivity index (χ1v) is 5.79. The van der Waals surface area contributed by atoms with Crippen LogP contribution in [0.1, 0.15) is 41.0 Å². The fraction of sp³-hybridized carbons (Fsp3) is 0.909. The van der Waals surface area contributed by atoms with Crippen LogP contribution in [-0.2, 0) is 0 Å². The molecule has 0 saturated heterocycles. The Morgan fingerprint density at radius 1 is 1.21 bits per heavy atom. The van der Waals surface area contributed by atoms with E-state index in [4.69, 9.17) is 18.0 Å². The summed E-state index contributed by atoms with van der Waals surface area (Å²) in [6, 6.07) is 1.01. The average Bonchev–Trinajstić information content (AvgIpc) is 1.97. The van der Waals surface area contributed by atoms with Gasteiger partial charge in [-0.2, -0.15) is 0 Å². The molecule has 0 aliphatic rings. The van der Waals surface area contributed by atoms with Crippen molar-refractivity contribution in [2.24, 2.45) is 11.7 Å². The third-order valence-electron chi connectivity index (χ3n) is 2.30. The molecule has 3 heteroatoms. The molecule has 0 bridgehead atoms. The fourth-order valence-electron chi connectivity index (χ4n) is 1.73. The smallest absolute Gasteiger partial charge is 0.0742 e. The maximum Gasteiger partial charge on any atom is 0.0742 e. The summed E-state index contributed by atoms with van der Waals surface area (Å²) in [4.78, 5) is 3.08. The van der Waals surface area contributed by atoms with E-state index in [1.807, 2.05) is 0 Å².